The number of carbonyl (C=O) groups excluding carboxylic acids is 1. The van der Waals surface area contributed by atoms with Gasteiger partial charge in [-0.2, -0.15) is 0 Å². The SMILES string of the molecule is Cc1cnc(C(=O)N[C@H]2CCc3nc(C)cn3C2)cn1. The van der Waals surface area contributed by atoms with Crippen molar-refractivity contribution in [3.63, 3.8) is 0 Å². The van der Waals surface area contributed by atoms with Crippen LogP contribution in [0.15, 0.2) is 18.6 Å². The number of hydrogen-bond acceptors (Lipinski definition) is 4. The molecule has 6 nitrogen and oxygen atoms in total. The minimum Gasteiger partial charge on any atom is -0.346 e. The maximum absolute atomic E-state index is 12.1. The molecule has 6 heteroatoms. The van der Waals surface area contributed by atoms with Crippen molar-refractivity contribution in [2.24, 2.45) is 0 Å². The van der Waals surface area contributed by atoms with Crippen LogP contribution < -0.4 is 5.32 Å². The summed E-state index contributed by atoms with van der Waals surface area (Å²) in [5, 5.41) is 3.01. The summed E-state index contributed by atoms with van der Waals surface area (Å²) in [6, 6.07) is 0.117. The van der Waals surface area contributed by atoms with Crippen LogP contribution in [0.25, 0.3) is 0 Å². The predicted octanol–water partition coefficient (Wildman–Crippen LogP) is 1.03. The lowest BCUT2D eigenvalue weighted by molar-refractivity contribution is 0.0922. The molecule has 2 aromatic rings. The zero-order chi connectivity index (χ0) is 14.1. The third kappa shape index (κ3) is 2.54. The minimum atomic E-state index is -0.164. The summed E-state index contributed by atoms with van der Waals surface area (Å²) >= 11 is 0. The highest BCUT2D eigenvalue weighted by Crippen LogP contribution is 2.15. The average molecular weight is 271 g/mol. The van der Waals surface area contributed by atoms with Crippen molar-refractivity contribution in [1.82, 2.24) is 24.8 Å². The zero-order valence-corrected chi connectivity index (χ0v) is 11.6. The molecule has 3 heterocycles. The van der Waals surface area contributed by atoms with Gasteiger partial charge in [-0.25, -0.2) is 9.97 Å². The Labute approximate surface area is 117 Å². The van der Waals surface area contributed by atoms with Gasteiger partial charge in [0.25, 0.3) is 5.91 Å². The molecule has 0 fully saturated rings. The molecule has 0 saturated carbocycles. The molecule has 1 aliphatic heterocycles. The molecule has 0 saturated heterocycles. The van der Waals surface area contributed by atoms with Crippen molar-refractivity contribution in [2.45, 2.75) is 39.3 Å². The number of carbonyl (C=O) groups is 1. The van der Waals surface area contributed by atoms with Gasteiger partial charge in [0.05, 0.1) is 17.6 Å². The van der Waals surface area contributed by atoms with Crippen LogP contribution >= 0.6 is 0 Å². The number of rotatable bonds is 2. The van der Waals surface area contributed by atoms with Crippen molar-refractivity contribution >= 4 is 5.91 Å². The fraction of sp³-hybridized carbons (Fsp3) is 0.429. The van der Waals surface area contributed by atoms with Crippen LogP contribution in [0.5, 0.6) is 0 Å². The van der Waals surface area contributed by atoms with E-state index in [4.69, 9.17) is 0 Å². The van der Waals surface area contributed by atoms with Crippen LogP contribution in [0.3, 0.4) is 0 Å². The van der Waals surface area contributed by atoms with Gasteiger partial charge in [-0.1, -0.05) is 0 Å². The summed E-state index contributed by atoms with van der Waals surface area (Å²) < 4.78 is 2.12. The first-order valence-electron chi connectivity index (χ1n) is 6.74. The van der Waals surface area contributed by atoms with Crippen LogP contribution in [0.4, 0.5) is 0 Å². The monoisotopic (exact) mass is 271 g/mol. The summed E-state index contributed by atoms with van der Waals surface area (Å²) in [7, 11) is 0. The van der Waals surface area contributed by atoms with E-state index in [1.807, 2.05) is 20.0 Å². The normalized spacial score (nSPS) is 17.6. The third-order valence-electron chi connectivity index (χ3n) is 3.46. The summed E-state index contributed by atoms with van der Waals surface area (Å²) in [6.45, 7) is 4.60. The van der Waals surface area contributed by atoms with Gasteiger partial charge in [0.15, 0.2) is 0 Å². The number of aryl methyl sites for hydroxylation is 3. The standard InChI is InChI=1S/C14H17N5O/c1-9-5-16-12(6-15-9)14(20)18-11-3-4-13-17-10(2)7-19(13)8-11/h5-7,11H,3-4,8H2,1-2H3,(H,18,20)/t11-/m0/s1. The van der Waals surface area contributed by atoms with Gasteiger partial charge in [-0.3, -0.25) is 9.78 Å². The summed E-state index contributed by atoms with van der Waals surface area (Å²) in [5.41, 5.74) is 2.19. The molecule has 0 bridgehead atoms. The highest BCUT2D eigenvalue weighted by atomic mass is 16.1. The van der Waals surface area contributed by atoms with Crippen molar-refractivity contribution in [2.75, 3.05) is 0 Å². The molecule has 0 spiro atoms. The molecule has 1 aliphatic rings. The van der Waals surface area contributed by atoms with E-state index in [-0.39, 0.29) is 11.9 Å². The van der Waals surface area contributed by atoms with Crippen LogP contribution in [0.2, 0.25) is 0 Å². The number of nitrogens with zero attached hydrogens (tertiary/aromatic N) is 4. The summed E-state index contributed by atoms with van der Waals surface area (Å²) in [6.07, 6.45) is 6.94. The Morgan fingerprint density at radius 2 is 2.15 bits per heavy atom. The highest BCUT2D eigenvalue weighted by molar-refractivity contribution is 5.92. The van der Waals surface area contributed by atoms with Crippen LogP contribution in [-0.2, 0) is 13.0 Å². The van der Waals surface area contributed by atoms with E-state index in [2.05, 4.69) is 24.8 Å². The minimum absolute atomic E-state index is 0.117. The van der Waals surface area contributed by atoms with Crippen LogP contribution in [-0.4, -0.2) is 31.5 Å². The van der Waals surface area contributed by atoms with E-state index in [9.17, 15) is 4.79 Å². The van der Waals surface area contributed by atoms with Crippen molar-refractivity contribution in [1.29, 1.82) is 0 Å². The smallest absolute Gasteiger partial charge is 0.271 e. The third-order valence-corrected chi connectivity index (χ3v) is 3.46. The van der Waals surface area contributed by atoms with Gasteiger partial charge in [-0.15, -0.1) is 0 Å². The largest absolute Gasteiger partial charge is 0.346 e. The second-order valence-electron chi connectivity index (χ2n) is 5.20. The number of hydrogen-bond donors (Lipinski definition) is 1. The molecular weight excluding hydrogens is 254 g/mol. The molecule has 0 radical (unpaired) electrons. The lowest BCUT2D eigenvalue weighted by Gasteiger charge is -2.24. The fourth-order valence-corrected chi connectivity index (χ4v) is 2.47. The maximum Gasteiger partial charge on any atom is 0.271 e. The van der Waals surface area contributed by atoms with E-state index in [1.54, 1.807) is 6.20 Å². The molecule has 20 heavy (non-hydrogen) atoms. The molecule has 2 aromatic heterocycles. The van der Waals surface area contributed by atoms with Crippen molar-refractivity contribution in [3.05, 3.63) is 41.5 Å². The lowest BCUT2D eigenvalue weighted by atomic mass is 10.1. The van der Waals surface area contributed by atoms with E-state index >= 15 is 0 Å². The lowest BCUT2D eigenvalue weighted by Crippen LogP contribution is -2.41. The van der Waals surface area contributed by atoms with Gasteiger partial charge < -0.3 is 9.88 Å². The van der Waals surface area contributed by atoms with Gasteiger partial charge in [-0.05, 0) is 20.3 Å². The Morgan fingerprint density at radius 1 is 1.30 bits per heavy atom. The first kappa shape index (κ1) is 12.8. The van der Waals surface area contributed by atoms with E-state index < -0.39 is 0 Å². The number of aromatic nitrogens is 4. The zero-order valence-electron chi connectivity index (χ0n) is 11.6. The molecule has 1 atom stereocenters. The predicted molar refractivity (Wildman–Crippen MR) is 73.3 cm³/mol. The Bertz CT molecular complexity index is 632. The topological polar surface area (TPSA) is 72.7 Å². The Morgan fingerprint density at radius 3 is 2.90 bits per heavy atom. The Kier molecular flexibility index (Phi) is 3.22. The maximum atomic E-state index is 12.1. The Balaban J connectivity index is 1.67. The number of nitrogens with one attached hydrogen (secondary N) is 1. The average Bonchev–Trinajstić information content (AvgIpc) is 2.78. The summed E-state index contributed by atoms with van der Waals surface area (Å²) in [5.74, 6) is 0.936. The van der Waals surface area contributed by atoms with Gasteiger partial charge in [0.2, 0.25) is 0 Å². The molecule has 1 amide bonds. The molecule has 0 aromatic carbocycles. The van der Waals surface area contributed by atoms with E-state index in [0.29, 0.717) is 5.69 Å². The second-order valence-corrected chi connectivity index (χ2v) is 5.20. The van der Waals surface area contributed by atoms with E-state index in [1.165, 1.54) is 6.20 Å². The molecule has 104 valence electrons. The molecule has 0 aliphatic carbocycles. The second kappa shape index (κ2) is 5.03. The number of imidazole rings is 1. The first-order chi connectivity index (χ1) is 9.61. The van der Waals surface area contributed by atoms with E-state index in [0.717, 1.165) is 36.6 Å². The quantitative estimate of drug-likeness (QED) is 0.885. The fourth-order valence-electron chi connectivity index (χ4n) is 2.47. The highest BCUT2D eigenvalue weighted by Gasteiger charge is 2.22. The van der Waals surface area contributed by atoms with Gasteiger partial charge >= 0.3 is 0 Å². The molecular formula is C14H17N5O. The molecule has 0 unspecified atom stereocenters. The first-order valence-corrected chi connectivity index (χ1v) is 6.74. The van der Waals surface area contributed by atoms with Gasteiger partial charge in [0, 0.05) is 31.4 Å². The van der Waals surface area contributed by atoms with Crippen LogP contribution in [0.1, 0.15) is 34.1 Å². The molecule has 3 rings (SSSR count). The number of fused-ring (bicyclic) bond motifs is 1. The number of amides is 1. The van der Waals surface area contributed by atoms with Crippen molar-refractivity contribution in [3.8, 4) is 0 Å². The molecule has 1 N–H and O–H groups in total. The Hall–Kier alpha value is -2.24. The van der Waals surface area contributed by atoms with Crippen molar-refractivity contribution < 1.29 is 4.79 Å². The summed E-state index contributed by atoms with van der Waals surface area (Å²) in [4.78, 5) is 24.8. The van der Waals surface area contributed by atoms with Gasteiger partial charge in [0.1, 0.15) is 11.5 Å². The van der Waals surface area contributed by atoms with Crippen LogP contribution in [0, 0.1) is 13.8 Å².